The largest absolute Gasteiger partial charge is 0.486 e. The van der Waals surface area contributed by atoms with Gasteiger partial charge in [0.25, 0.3) is 0 Å². The van der Waals surface area contributed by atoms with E-state index in [2.05, 4.69) is 26.9 Å². The van der Waals surface area contributed by atoms with Crippen molar-refractivity contribution in [1.82, 2.24) is 4.90 Å². The Balaban J connectivity index is 1.72. The zero-order chi connectivity index (χ0) is 14.7. The van der Waals surface area contributed by atoms with Gasteiger partial charge in [-0.25, -0.2) is 0 Å². The lowest BCUT2D eigenvalue weighted by atomic mass is 10.1. The lowest BCUT2D eigenvalue weighted by Gasteiger charge is -2.26. The number of fused-ring (bicyclic) bond motifs is 1. The highest BCUT2D eigenvalue weighted by Crippen LogP contribution is 2.37. The SMILES string of the molecule is OCCCC1CCCN1Cc1cc2c(cc1Br)OCCO2. The van der Waals surface area contributed by atoms with Crippen LogP contribution in [0.5, 0.6) is 11.5 Å². The summed E-state index contributed by atoms with van der Waals surface area (Å²) in [5.74, 6) is 1.68. The van der Waals surface area contributed by atoms with Crippen LogP contribution < -0.4 is 9.47 Å². The lowest BCUT2D eigenvalue weighted by molar-refractivity contribution is 0.170. The fourth-order valence-corrected chi connectivity index (χ4v) is 3.65. The van der Waals surface area contributed by atoms with Crippen LogP contribution in [0.2, 0.25) is 0 Å². The van der Waals surface area contributed by atoms with Crippen LogP contribution in [0.15, 0.2) is 16.6 Å². The molecule has 0 spiro atoms. The van der Waals surface area contributed by atoms with Crippen molar-refractivity contribution >= 4 is 15.9 Å². The van der Waals surface area contributed by atoms with E-state index in [1.807, 2.05) is 6.07 Å². The van der Waals surface area contributed by atoms with E-state index < -0.39 is 0 Å². The maximum Gasteiger partial charge on any atom is 0.162 e. The highest BCUT2D eigenvalue weighted by atomic mass is 79.9. The number of likely N-dealkylation sites (tertiary alicyclic amines) is 1. The third kappa shape index (κ3) is 3.52. The van der Waals surface area contributed by atoms with Crippen LogP contribution >= 0.6 is 15.9 Å². The van der Waals surface area contributed by atoms with Gasteiger partial charge in [-0.3, -0.25) is 4.90 Å². The highest BCUT2D eigenvalue weighted by Gasteiger charge is 2.25. The van der Waals surface area contributed by atoms with Gasteiger partial charge in [-0.1, -0.05) is 15.9 Å². The molecule has 1 fully saturated rings. The number of aliphatic hydroxyl groups is 1. The Morgan fingerprint density at radius 2 is 2.00 bits per heavy atom. The summed E-state index contributed by atoms with van der Waals surface area (Å²) in [7, 11) is 0. The van der Waals surface area contributed by atoms with Crippen molar-refractivity contribution < 1.29 is 14.6 Å². The molecule has 1 atom stereocenters. The molecule has 0 aliphatic carbocycles. The van der Waals surface area contributed by atoms with Gasteiger partial charge in [0.05, 0.1) is 0 Å². The Hall–Kier alpha value is -0.780. The molecule has 2 heterocycles. The minimum Gasteiger partial charge on any atom is -0.486 e. The van der Waals surface area contributed by atoms with Gasteiger partial charge in [0, 0.05) is 23.7 Å². The van der Waals surface area contributed by atoms with Crippen LogP contribution in [0.25, 0.3) is 0 Å². The molecule has 5 heteroatoms. The van der Waals surface area contributed by atoms with Gasteiger partial charge in [0.1, 0.15) is 13.2 Å². The van der Waals surface area contributed by atoms with Crippen LogP contribution in [0.3, 0.4) is 0 Å². The van der Waals surface area contributed by atoms with E-state index in [0.717, 1.165) is 41.9 Å². The molecule has 21 heavy (non-hydrogen) atoms. The molecule has 0 radical (unpaired) electrons. The van der Waals surface area contributed by atoms with Crippen molar-refractivity contribution in [2.45, 2.75) is 38.3 Å². The molecule has 1 unspecified atom stereocenters. The van der Waals surface area contributed by atoms with E-state index in [4.69, 9.17) is 14.6 Å². The minimum absolute atomic E-state index is 0.290. The number of halogens is 1. The van der Waals surface area contributed by atoms with Gasteiger partial charge in [0.15, 0.2) is 11.5 Å². The quantitative estimate of drug-likeness (QED) is 0.881. The van der Waals surface area contributed by atoms with E-state index in [1.54, 1.807) is 0 Å². The molecule has 2 aliphatic heterocycles. The van der Waals surface area contributed by atoms with Crippen molar-refractivity contribution in [3.63, 3.8) is 0 Å². The van der Waals surface area contributed by atoms with E-state index in [0.29, 0.717) is 19.3 Å². The molecule has 1 saturated heterocycles. The number of benzene rings is 1. The second-order valence-corrected chi connectivity index (χ2v) is 6.57. The van der Waals surface area contributed by atoms with Gasteiger partial charge in [0.2, 0.25) is 0 Å². The number of aliphatic hydroxyl groups excluding tert-OH is 1. The third-order valence-corrected chi connectivity index (χ3v) is 5.02. The lowest BCUT2D eigenvalue weighted by Crippen LogP contribution is -2.29. The third-order valence-electron chi connectivity index (χ3n) is 4.28. The fraction of sp³-hybridized carbons (Fsp3) is 0.625. The van der Waals surface area contributed by atoms with E-state index in [9.17, 15) is 0 Å². The summed E-state index contributed by atoms with van der Waals surface area (Å²) in [5.41, 5.74) is 1.25. The average Bonchev–Trinajstić information content (AvgIpc) is 2.93. The molecule has 1 N–H and O–H groups in total. The zero-order valence-corrected chi connectivity index (χ0v) is 13.8. The van der Waals surface area contributed by atoms with Gasteiger partial charge < -0.3 is 14.6 Å². The fourth-order valence-electron chi connectivity index (χ4n) is 3.20. The van der Waals surface area contributed by atoms with Gasteiger partial charge in [-0.15, -0.1) is 0 Å². The van der Waals surface area contributed by atoms with Crippen molar-refractivity contribution in [3.05, 3.63) is 22.2 Å². The standard InChI is InChI=1S/C16H22BrNO3/c17-14-10-16-15(20-7-8-21-16)9-12(14)11-18-5-1-3-13(18)4-2-6-19/h9-10,13,19H,1-8,11H2. The highest BCUT2D eigenvalue weighted by molar-refractivity contribution is 9.10. The number of rotatable bonds is 5. The summed E-state index contributed by atoms with van der Waals surface area (Å²) in [6.45, 7) is 3.59. The van der Waals surface area contributed by atoms with Crippen LogP contribution in [-0.2, 0) is 6.54 Å². The van der Waals surface area contributed by atoms with Crippen LogP contribution in [0, 0.1) is 0 Å². The molecular formula is C16H22BrNO3. The van der Waals surface area contributed by atoms with Crippen LogP contribution in [-0.4, -0.2) is 42.4 Å². The Labute approximate surface area is 134 Å². The smallest absolute Gasteiger partial charge is 0.162 e. The zero-order valence-electron chi connectivity index (χ0n) is 12.2. The average molecular weight is 356 g/mol. The first-order valence-corrected chi connectivity index (χ1v) is 8.50. The summed E-state index contributed by atoms with van der Waals surface area (Å²) < 4.78 is 12.4. The molecule has 2 aliphatic rings. The molecule has 0 aromatic heterocycles. The van der Waals surface area contributed by atoms with E-state index in [-0.39, 0.29) is 6.61 Å². The van der Waals surface area contributed by atoms with Crippen molar-refractivity contribution in [1.29, 1.82) is 0 Å². The Kier molecular flexibility index (Phi) is 5.03. The van der Waals surface area contributed by atoms with Crippen LogP contribution in [0.1, 0.15) is 31.2 Å². The second-order valence-electron chi connectivity index (χ2n) is 5.72. The van der Waals surface area contributed by atoms with Crippen LogP contribution in [0.4, 0.5) is 0 Å². The van der Waals surface area contributed by atoms with Gasteiger partial charge >= 0.3 is 0 Å². The maximum atomic E-state index is 9.02. The Morgan fingerprint density at radius 1 is 1.24 bits per heavy atom. The molecule has 1 aromatic carbocycles. The molecule has 3 rings (SSSR count). The second kappa shape index (κ2) is 6.99. The topological polar surface area (TPSA) is 41.9 Å². The number of ether oxygens (including phenoxy) is 2. The van der Waals surface area contributed by atoms with Gasteiger partial charge in [-0.2, -0.15) is 0 Å². The summed E-state index contributed by atoms with van der Waals surface area (Å²) in [6.07, 6.45) is 4.46. The summed E-state index contributed by atoms with van der Waals surface area (Å²) in [5, 5.41) is 9.02. The number of hydrogen-bond acceptors (Lipinski definition) is 4. The molecule has 0 amide bonds. The molecule has 0 bridgehead atoms. The number of nitrogens with zero attached hydrogens (tertiary/aromatic N) is 1. The molecule has 4 nitrogen and oxygen atoms in total. The summed E-state index contributed by atoms with van der Waals surface area (Å²) in [6, 6.07) is 4.71. The molecule has 1 aromatic rings. The molecular weight excluding hydrogens is 334 g/mol. The number of hydrogen-bond donors (Lipinski definition) is 1. The normalized spacial score (nSPS) is 21.7. The first kappa shape index (κ1) is 15.1. The van der Waals surface area contributed by atoms with Crippen molar-refractivity contribution in [3.8, 4) is 11.5 Å². The van der Waals surface area contributed by atoms with Crippen molar-refractivity contribution in [2.75, 3.05) is 26.4 Å². The Bertz CT molecular complexity index is 495. The predicted molar refractivity (Wildman–Crippen MR) is 84.9 cm³/mol. The van der Waals surface area contributed by atoms with Gasteiger partial charge in [-0.05, 0) is 49.9 Å². The first-order valence-electron chi connectivity index (χ1n) is 7.71. The maximum absolute atomic E-state index is 9.02. The Morgan fingerprint density at radius 3 is 2.76 bits per heavy atom. The van der Waals surface area contributed by atoms with Crippen molar-refractivity contribution in [2.24, 2.45) is 0 Å². The van der Waals surface area contributed by atoms with E-state index >= 15 is 0 Å². The summed E-state index contributed by atoms with van der Waals surface area (Å²) >= 11 is 3.65. The molecule has 0 saturated carbocycles. The van der Waals surface area contributed by atoms with E-state index in [1.165, 1.54) is 18.4 Å². The predicted octanol–water partition coefficient (Wildman–Crippen LogP) is 2.96. The first-order chi connectivity index (χ1) is 10.3. The monoisotopic (exact) mass is 355 g/mol. The minimum atomic E-state index is 0.290. The summed E-state index contributed by atoms with van der Waals surface area (Å²) in [4.78, 5) is 2.52. The molecule has 116 valence electrons.